The van der Waals surface area contributed by atoms with Crippen LogP contribution in [0, 0.1) is 6.92 Å². The molecule has 0 aliphatic rings. The van der Waals surface area contributed by atoms with Crippen LogP contribution in [0.15, 0.2) is 36.9 Å². The molecule has 0 aliphatic heterocycles. The van der Waals surface area contributed by atoms with E-state index in [9.17, 15) is 0 Å². The van der Waals surface area contributed by atoms with E-state index in [-0.39, 0.29) is 0 Å². The molecule has 1 aromatic carbocycles. The van der Waals surface area contributed by atoms with Gasteiger partial charge in [-0.05, 0) is 31.4 Å². The highest BCUT2D eigenvalue weighted by Gasteiger charge is 2.00. The van der Waals surface area contributed by atoms with Crippen molar-refractivity contribution in [2.75, 3.05) is 0 Å². The molecule has 0 aromatic heterocycles. The van der Waals surface area contributed by atoms with Crippen LogP contribution >= 0.6 is 0 Å². The summed E-state index contributed by atoms with van der Waals surface area (Å²) in [6.07, 6.45) is 2.97. The van der Waals surface area contributed by atoms with Gasteiger partial charge in [0.2, 0.25) is 0 Å². The minimum atomic E-state index is 0.507. The van der Waals surface area contributed by atoms with E-state index in [1.54, 1.807) is 0 Å². The largest absolute Gasteiger partial charge is 0.310 e. The van der Waals surface area contributed by atoms with Crippen molar-refractivity contribution >= 4 is 0 Å². The van der Waals surface area contributed by atoms with Crippen LogP contribution in [0.2, 0.25) is 0 Å². The molecule has 76 valence electrons. The predicted molar refractivity (Wildman–Crippen MR) is 62.3 cm³/mol. The summed E-state index contributed by atoms with van der Waals surface area (Å²) in [4.78, 5) is 0. The molecule has 0 spiro atoms. The third-order valence-corrected chi connectivity index (χ3v) is 2.42. The van der Waals surface area contributed by atoms with Gasteiger partial charge in [-0.25, -0.2) is 0 Å². The normalized spacial score (nSPS) is 12.4. The first-order chi connectivity index (χ1) is 6.74. The quantitative estimate of drug-likeness (QED) is 0.702. The molecule has 0 radical (unpaired) electrons. The molecule has 0 bridgehead atoms. The average Bonchev–Trinajstić information content (AvgIpc) is 2.17. The maximum absolute atomic E-state index is 3.73. The Morgan fingerprint density at radius 3 is 2.79 bits per heavy atom. The highest BCUT2D eigenvalue weighted by molar-refractivity contribution is 5.25. The lowest BCUT2D eigenvalue weighted by atomic mass is 10.1. The molecular weight excluding hydrogens is 170 g/mol. The first-order valence-corrected chi connectivity index (χ1v) is 5.13. The molecule has 0 saturated heterocycles. The van der Waals surface area contributed by atoms with Gasteiger partial charge in [0, 0.05) is 12.6 Å². The summed E-state index contributed by atoms with van der Waals surface area (Å²) in [5.41, 5.74) is 2.73. The molecule has 0 fully saturated rings. The van der Waals surface area contributed by atoms with E-state index < -0.39 is 0 Å². The fourth-order valence-corrected chi connectivity index (χ4v) is 1.43. The molecule has 0 heterocycles. The summed E-state index contributed by atoms with van der Waals surface area (Å²) in [6.45, 7) is 9.01. The second kappa shape index (κ2) is 5.61. The van der Waals surface area contributed by atoms with Gasteiger partial charge in [-0.15, -0.1) is 6.58 Å². The zero-order valence-electron chi connectivity index (χ0n) is 9.09. The Labute approximate surface area is 86.8 Å². The Morgan fingerprint density at radius 1 is 1.43 bits per heavy atom. The van der Waals surface area contributed by atoms with Gasteiger partial charge < -0.3 is 5.32 Å². The van der Waals surface area contributed by atoms with Crippen LogP contribution in [0.5, 0.6) is 0 Å². The highest BCUT2D eigenvalue weighted by atomic mass is 14.9. The van der Waals surface area contributed by atoms with E-state index in [1.165, 1.54) is 11.1 Å². The van der Waals surface area contributed by atoms with Gasteiger partial charge in [-0.1, -0.05) is 30.3 Å². The van der Waals surface area contributed by atoms with Gasteiger partial charge in [0.1, 0.15) is 0 Å². The summed E-state index contributed by atoms with van der Waals surface area (Å²) in [5, 5.41) is 3.47. The fourth-order valence-electron chi connectivity index (χ4n) is 1.43. The Bertz CT molecular complexity index is 291. The molecule has 1 heteroatoms. The third kappa shape index (κ3) is 3.35. The van der Waals surface area contributed by atoms with Crippen LogP contribution in [-0.4, -0.2) is 6.04 Å². The van der Waals surface area contributed by atoms with Crippen molar-refractivity contribution in [1.29, 1.82) is 0 Å². The first-order valence-electron chi connectivity index (χ1n) is 5.13. The van der Waals surface area contributed by atoms with Crippen molar-refractivity contribution in [1.82, 2.24) is 5.32 Å². The van der Waals surface area contributed by atoms with Crippen LogP contribution in [-0.2, 0) is 6.54 Å². The predicted octanol–water partition coefficient (Wildman–Crippen LogP) is 3.05. The molecule has 0 amide bonds. The number of benzene rings is 1. The van der Waals surface area contributed by atoms with Crippen molar-refractivity contribution in [3.8, 4) is 0 Å². The van der Waals surface area contributed by atoms with Crippen LogP contribution < -0.4 is 5.32 Å². The SMILES string of the molecule is C=CCC(C)NCc1ccccc1C. The van der Waals surface area contributed by atoms with Crippen LogP contribution in [0.4, 0.5) is 0 Å². The van der Waals surface area contributed by atoms with Crippen LogP contribution in [0.25, 0.3) is 0 Å². The molecule has 1 N–H and O–H groups in total. The van der Waals surface area contributed by atoms with Gasteiger partial charge in [-0.3, -0.25) is 0 Å². The van der Waals surface area contributed by atoms with Gasteiger partial charge in [0.25, 0.3) is 0 Å². The van der Waals surface area contributed by atoms with Crippen molar-refractivity contribution in [2.24, 2.45) is 0 Å². The summed E-state index contributed by atoms with van der Waals surface area (Å²) in [6, 6.07) is 8.99. The standard InChI is InChI=1S/C13H19N/c1-4-7-12(3)14-10-13-9-6-5-8-11(13)2/h4-6,8-9,12,14H,1,7,10H2,2-3H3. The van der Waals surface area contributed by atoms with Gasteiger partial charge >= 0.3 is 0 Å². The van der Waals surface area contributed by atoms with E-state index in [4.69, 9.17) is 0 Å². The van der Waals surface area contributed by atoms with Gasteiger partial charge in [0.15, 0.2) is 0 Å². The zero-order valence-corrected chi connectivity index (χ0v) is 9.09. The van der Waals surface area contributed by atoms with Gasteiger partial charge in [0.05, 0.1) is 0 Å². The fraction of sp³-hybridized carbons (Fsp3) is 0.385. The van der Waals surface area contributed by atoms with E-state index in [2.05, 4.69) is 50.0 Å². The number of rotatable bonds is 5. The Kier molecular flexibility index (Phi) is 4.41. The molecule has 1 nitrogen and oxygen atoms in total. The molecule has 14 heavy (non-hydrogen) atoms. The molecular formula is C13H19N. The van der Waals surface area contributed by atoms with Crippen LogP contribution in [0.3, 0.4) is 0 Å². The summed E-state index contributed by atoms with van der Waals surface area (Å²) >= 11 is 0. The van der Waals surface area contributed by atoms with Gasteiger partial charge in [-0.2, -0.15) is 0 Å². The van der Waals surface area contributed by atoms with E-state index in [0.717, 1.165) is 13.0 Å². The van der Waals surface area contributed by atoms with E-state index >= 15 is 0 Å². The number of nitrogens with one attached hydrogen (secondary N) is 1. The lowest BCUT2D eigenvalue weighted by Gasteiger charge is -2.12. The lowest BCUT2D eigenvalue weighted by Crippen LogP contribution is -2.24. The monoisotopic (exact) mass is 189 g/mol. The zero-order chi connectivity index (χ0) is 10.4. The second-order valence-electron chi connectivity index (χ2n) is 3.73. The molecule has 1 atom stereocenters. The maximum atomic E-state index is 3.73. The lowest BCUT2D eigenvalue weighted by molar-refractivity contribution is 0.553. The second-order valence-corrected chi connectivity index (χ2v) is 3.73. The highest BCUT2D eigenvalue weighted by Crippen LogP contribution is 2.06. The Morgan fingerprint density at radius 2 is 2.14 bits per heavy atom. The number of aryl methyl sites for hydroxylation is 1. The van der Waals surface area contributed by atoms with E-state index in [1.807, 2.05) is 6.08 Å². The topological polar surface area (TPSA) is 12.0 Å². The number of hydrogen-bond donors (Lipinski definition) is 1. The molecule has 1 unspecified atom stereocenters. The smallest absolute Gasteiger partial charge is 0.0210 e. The molecule has 1 rings (SSSR count). The third-order valence-electron chi connectivity index (χ3n) is 2.42. The summed E-state index contributed by atoms with van der Waals surface area (Å²) < 4.78 is 0. The molecule has 1 aromatic rings. The van der Waals surface area contributed by atoms with Crippen molar-refractivity contribution in [3.05, 3.63) is 48.0 Å². The maximum Gasteiger partial charge on any atom is 0.0210 e. The minimum absolute atomic E-state index is 0.507. The average molecular weight is 189 g/mol. The first kappa shape index (κ1) is 11.0. The summed E-state index contributed by atoms with van der Waals surface area (Å²) in [5.74, 6) is 0. The van der Waals surface area contributed by atoms with Crippen LogP contribution in [0.1, 0.15) is 24.5 Å². The Balaban J connectivity index is 2.45. The number of hydrogen-bond acceptors (Lipinski definition) is 1. The molecule has 0 aliphatic carbocycles. The summed E-state index contributed by atoms with van der Waals surface area (Å²) in [7, 11) is 0. The van der Waals surface area contributed by atoms with Crippen molar-refractivity contribution in [3.63, 3.8) is 0 Å². The minimum Gasteiger partial charge on any atom is -0.310 e. The van der Waals surface area contributed by atoms with Crippen molar-refractivity contribution < 1.29 is 0 Å². The van der Waals surface area contributed by atoms with E-state index in [0.29, 0.717) is 6.04 Å². The Hall–Kier alpha value is -1.08. The van der Waals surface area contributed by atoms with Crippen molar-refractivity contribution in [2.45, 2.75) is 32.9 Å². The molecule has 0 saturated carbocycles.